The molecule has 0 amide bonds. The summed E-state index contributed by atoms with van der Waals surface area (Å²) < 4.78 is 11.8. The molecule has 3 aromatic carbocycles. The van der Waals surface area contributed by atoms with Gasteiger partial charge in [-0.3, -0.25) is 0 Å². The van der Waals surface area contributed by atoms with Gasteiger partial charge in [0, 0.05) is 11.5 Å². The first-order valence-electron chi connectivity index (χ1n) is 9.83. The normalized spacial score (nSPS) is 10.8. The number of hydrogen-bond donors (Lipinski definition) is 0. The van der Waals surface area contributed by atoms with Crippen LogP contribution in [0.1, 0.15) is 31.2 Å². The molecule has 0 radical (unpaired) electrons. The van der Waals surface area contributed by atoms with Crippen molar-refractivity contribution in [1.29, 1.82) is 0 Å². The number of fused-ring (bicyclic) bond motifs is 2. The topological polar surface area (TPSA) is 75.4 Å². The molecule has 4 aromatic rings. The van der Waals surface area contributed by atoms with Crippen LogP contribution in [0.25, 0.3) is 33.3 Å². The minimum absolute atomic E-state index is 0. The number of oxazole rings is 1. The van der Waals surface area contributed by atoms with E-state index < -0.39 is 5.97 Å². The van der Waals surface area contributed by atoms with Crippen LogP contribution < -0.4 is 61.2 Å². The number of ether oxygens (including phenoxy) is 1. The van der Waals surface area contributed by atoms with E-state index in [1.54, 1.807) is 0 Å². The molecule has 0 unspecified atom stereocenters. The van der Waals surface area contributed by atoms with Crippen molar-refractivity contribution in [2.75, 3.05) is 6.61 Å². The second-order valence-electron chi connectivity index (χ2n) is 7.21. The van der Waals surface area contributed by atoms with Crippen LogP contribution in [0, 0.1) is 6.92 Å². The third-order valence-corrected chi connectivity index (χ3v) is 4.92. The Morgan fingerprint density at radius 3 is 2.77 bits per heavy atom. The van der Waals surface area contributed by atoms with Crippen molar-refractivity contribution in [3.63, 3.8) is 0 Å². The second kappa shape index (κ2) is 10.6. The molecule has 0 aliphatic heterocycles. The van der Waals surface area contributed by atoms with Gasteiger partial charge in [0.25, 0.3) is 0 Å². The molecule has 1 heterocycles. The average Bonchev–Trinajstić information content (AvgIpc) is 3.12. The van der Waals surface area contributed by atoms with E-state index in [2.05, 4.69) is 4.98 Å². The molecule has 30 heavy (non-hydrogen) atoms. The van der Waals surface area contributed by atoms with Gasteiger partial charge in [0.1, 0.15) is 11.3 Å². The van der Waals surface area contributed by atoms with E-state index >= 15 is 0 Å². The zero-order valence-corrected chi connectivity index (χ0v) is 20.4. The monoisotopic (exact) mass is 427 g/mol. The first-order valence-corrected chi connectivity index (χ1v) is 9.83. The van der Waals surface area contributed by atoms with Crippen LogP contribution in [0.3, 0.4) is 0 Å². The summed E-state index contributed by atoms with van der Waals surface area (Å²) in [5.74, 6) is 0.408. The van der Waals surface area contributed by atoms with Crippen molar-refractivity contribution in [2.24, 2.45) is 0 Å². The molecule has 0 aliphatic carbocycles. The predicted octanol–water partition coefficient (Wildman–Crippen LogP) is 1.65. The Labute approximate surface area is 217 Å². The van der Waals surface area contributed by atoms with Crippen LogP contribution in [-0.2, 0) is 4.79 Å². The minimum atomic E-state index is -0.995. The Hall–Kier alpha value is -1.70. The first kappa shape index (κ1) is 23.0. The number of nitrogens with zero attached hydrogens (tertiary/aromatic N) is 1. The van der Waals surface area contributed by atoms with Crippen molar-refractivity contribution in [3.05, 3.63) is 60.2 Å². The van der Waals surface area contributed by atoms with E-state index in [1.807, 2.05) is 61.5 Å². The summed E-state index contributed by atoms with van der Waals surface area (Å²) in [7, 11) is 0. The smallest absolute Gasteiger partial charge is 0.550 e. The van der Waals surface area contributed by atoms with Crippen LogP contribution in [0.4, 0.5) is 0 Å². The van der Waals surface area contributed by atoms with E-state index in [0.29, 0.717) is 18.9 Å². The van der Waals surface area contributed by atoms with Crippen molar-refractivity contribution < 1.29 is 70.4 Å². The van der Waals surface area contributed by atoms with Gasteiger partial charge in [0.05, 0.1) is 6.61 Å². The van der Waals surface area contributed by atoms with Gasteiger partial charge in [-0.2, -0.15) is 0 Å². The standard InChI is InChI=1S/C24H23NO4.K/c1-16-9-12-21-22(14-16)29-24(25-21)20-7-5-6-17-15-18(10-11-19(17)20)28-13-4-2-3-8-23(26)27;/h5-7,9-12,14-15H,2-4,8,13H2,1H3,(H,26,27);/q;+1/p-1. The molecule has 6 heteroatoms. The third kappa shape index (κ3) is 5.50. The summed E-state index contributed by atoms with van der Waals surface area (Å²) in [6.07, 6.45) is 2.35. The van der Waals surface area contributed by atoms with Crippen molar-refractivity contribution >= 4 is 27.8 Å². The number of unbranched alkanes of at least 4 members (excludes halogenated alkanes) is 2. The van der Waals surface area contributed by atoms with Gasteiger partial charge in [-0.1, -0.05) is 18.2 Å². The molecule has 1 aromatic heterocycles. The Morgan fingerprint density at radius 1 is 1.07 bits per heavy atom. The third-order valence-electron chi connectivity index (χ3n) is 4.92. The molecule has 0 atom stereocenters. The van der Waals surface area contributed by atoms with Gasteiger partial charge >= 0.3 is 51.4 Å². The van der Waals surface area contributed by atoms with Crippen LogP contribution in [-0.4, -0.2) is 17.6 Å². The number of carbonyl (C=O) groups is 1. The number of rotatable bonds is 8. The summed E-state index contributed by atoms with van der Waals surface area (Å²) in [5, 5.41) is 12.5. The van der Waals surface area contributed by atoms with E-state index in [1.165, 1.54) is 0 Å². The van der Waals surface area contributed by atoms with Gasteiger partial charge in [-0.05, 0) is 85.3 Å². The number of carbonyl (C=O) groups excluding carboxylic acids is 1. The molecule has 0 N–H and O–H groups in total. The van der Waals surface area contributed by atoms with E-state index in [0.717, 1.165) is 51.6 Å². The summed E-state index contributed by atoms with van der Waals surface area (Å²) in [5.41, 5.74) is 3.72. The molecular weight excluding hydrogens is 405 g/mol. The zero-order valence-electron chi connectivity index (χ0n) is 17.3. The fraction of sp³-hybridized carbons (Fsp3) is 0.250. The summed E-state index contributed by atoms with van der Waals surface area (Å²) in [6.45, 7) is 2.59. The Kier molecular flexibility index (Phi) is 8.08. The number of aromatic nitrogens is 1. The van der Waals surface area contributed by atoms with E-state index in [4.69, 9.17) is 9.15 Å². The van der Waals surface area contributed by atoms with Gasteiger partial charge in [0.2, 0.25) is 5.89 Å². The Bertz CT molecular complexity index is 1170. The van der Waals surface area contributed by atoms with Crippen LogP contribution in [0.5, 0.6) is 5.75 Å². The van der Waals surface area contributed by atoms with Crippen LogP contribution in [0.2, 0.25) is 0 Å². The SMILES string of the molecule is Cc1ccc2nc(-c3cccc4cc(OCCCCCC(=O)[O-])ccc34)oc2c1.[K+]. The average molecular weight is 428 g/mol. The Balaban J connectivity index is 0.00000256. The maximum atomic E-state index is 10.4. The van der Waals surface area contributed by atoms with Gasteiger partial charge in [0.15, 0.2) is 5.58 Å². The molecule has 0 fully saturated rings. The molecular formula is C24H22KNO4. The molecule has 0 bridgehead atoms. The number of hydrogen-bond acceptors (Lipinski definition) is 5. The summed E-state index contributed by atoms with van der Waals surface area (Å²) >= 11 is 0. The minimum Gasteiger partial charge on any atom is -0.550 e. The van der Waals surface area contributed by atoms with Gasteiger partial charge in [-0.25, -0.2) is 4.98 Å². The van der Waals surface area contributed by atoms with Crippen molar-refractivity contribution in [3.8, 4) is 17.2 Å². The molecule has 0 aliphatic rings. The fourth-order valence-electron chi connectivity index (χ4n) is 3.42. The van der Waals surface area contributed by atoms with Crippen molar-refractivity contribution in [2.45, 2.75) is 32.6 Å². The molecule has 4 rings (SSSR count). The van der Waals surface area contributed by atoms with E-state index in [9.17, 15) is 9.90 Å². The number of aryl methyl sites for hydroxylation is 1. The van der Waals surface area contributed by atoms with Gasteiger partial charge < -0.3 is 19.1 Å². The zero-order chi connectivity index (χ0) is 20.2. The summed E-state index contributed by atoms with van der Waals surface area (Å²) in [4.78, 5) is 15.1. The van der Waals surface area contributed by atoms with Crippen LogP contribution >= 0.6 is 0 Å². The number of benzene rings is 3. The maximum Gasteiger partial charge on any atom is 1.00 e. The molecule has 0 saturated heterocycles. The predicted molar refractivity (Wildman–Crippen MR) is 111 cm³/mol. The maximum absolute atomic E-state index is 10.4. The molecule has 0 saturated carbocycles. The molecule has 0 spiro atoms. The Morgan fingerprint density at radius 2 is 1.93 bits per heavy atom. The number of carboxylic acid groups (broad SMARTS) is 1. The number of carboxylic acids is 1. The van der Waals surface area contributed by atoms with Crippen molar-refractivity contribution in [1.82, 2.24) is 4.98 Å². The largest absolute Gasteiger partial charge is 1.00 e. The first-order chi connectivity index (χ1) is 14.1. The fourth-order valence-corrected chi connectivity index (χ4v) is 3.42. The second-order valence-corrected chi connectivity index (χ2v) is 7.21. The number of aliphatic carboxylic acids is 1. The van der Waals surface area contributed by atoms with Crippen LogP contribution in [0.15, 0.2) is 59.0 Å². The quantitative estimate of drug-likeness (QED) is 0.316. The van der Waals surface area contributed by atoms with Gasteiger partial charge in [-0.15, -0.1) is 0 Å². The molecule has 148 valence electrons. The van der Waals surface area contributed by atoms with E-state index in [-0.39, 0.29) is 57.8 Å². The molecule has 5 nitrogen and oxygen atoms in total. The summed E-state index contributed by atoms with van der Waals surface area (Å²) in [6, 6.07) is 18.0.